The molecule has 0 saturated carbocycles. The Morgan fingerprint density at radius 2 is 1.86 bits per heavy atom. The zero-order valence-electron chi connectivity index (χ0n) is 15.6. The number of hydrogen-bond acceptors (Lipinski definition) is 5. The molecule has 0 radical (unpaired) electrons. The molecular weight excluding hydrogens is 380 g/mol. The molecule has 4 rings (SSSR count). The molecule has 0 aromatic heterocycles. The lowest BCUT2D eigenvalue weighted by Gasteiger charge is -2.24. The molecule has 28 heavy (non-hydrogen) atoms. The molecule has 0 atom stereocenters. The Morgan fingerprint density at radius 3 is 2.71 bits per heavy atom. The van der Waals surface area contributed by atoms with Gasteiger partial charge < -0.3 is 19.1 Å². The van der Waals surface area contributed by atoms with Crippen LogP contribution in [0, 0.1) is 0 Å². The number of halogens is 1. The molecule has 2 aliphatic heterocycles. The summed E-state index contributed by atoms with van der Waals surface area (Å²) in [6, 6.07) is 13.1. The van der Waals surface area contributed by atoms with E-state index < -0.39 is 0 Å². The van der Waals surface area contributed by atoms with Crippen LogP contribution in [0.15, 0.2) is 42.5 Å². The Bertz CT molecular complexity index is 831. The van der Waals surface area contributed by atoms with E-state index in [4.69, 9.17) is 25.8 Å². The fraction of sp³-hybridized carbons (Fsp3) is 0.381. The average molecular weight is 403 g/mol. The molecule has 2 aliphatic rings. The summed E-state index contributed by atoms with van der Waals surface area (Å²) in [5.41, 5.74) is 1.08. The Morgan fingerprint density at radius 1 is 1.04 bits per heavy atom. The summed E-state index contributed by atoms with van der Waals surface area (Å²) in [7, 11) is 0. The van der Waals surface area contributed by atoms with Gasteiger partial charge in [-0.05, 0) is 36.2 Å². The van der Waals surface area contributed by atoms with E-state index in [1.54, 1.807) is 17.0 Å². The second kappa shape index (κ2) is 8.71. The number of carbonyl (C=O) groups excluding carboxylic acids is 1. The summed E-state index contributed by atoms with van der Waals surface area (Å²) < 4.78 is 16.7. The summed E-state index contributed by atoms with van der Waals surface area (Å²) in [4.78, 5) is 16.5. The van der Waals surface area contributed by atoms with Gasteiger partial charge in [0.15, 0.2) is 11.5 Å². The maximum Gasteiger partial charge on any atom is 0.415 e. The van der Waals surface area contributed by atoms with Crippen molar-refractivity contribution in [2.24, 2.45) is 0 Å². The van der Waals surface area contributed by atoms with Gasteiger partial charge in [0, 0.05) is 32.7 Å². The van der Waals surface area contributed by atoms with E-state index in [-0.39, 0.29) is 6.09 Å². The molecule has 2 aromatic carbocycles. The van der Waals surface area contributed by atoms with Crippen LogP contribution in [0.4, 0.5) is 4.79 Å². The van der Waals surface area contributed by atoms with Crippen molar-refractivity contribution in [3.63, 3.8) is 0 Å². The van der Waals surface area contributed by atoms with Gasteiger partial charge in [-0.1, -0.05) is 29.8 Å². The highest BCUT2D eigenvalue weighted by Gasteiger charge is 2.22. The fourth-order valence-corrected chi connectivity index (χ4v) is 3.77. The van der Waals surface area contributed by atoms with Gasteiger partial charge in [-0.15, -0.1) is 0 Å². The predicted octanol–water partition coefficient (Wildman–Crippen LogP) is 3.82. The van der Waals surface area contributed by atoms with Gasteiger partial charge in [-0.3, -0.25) is 4.90 Å². The number of ether oxygens (including phenoxy) is 3. The van der Waals surface area contributed by atoms with Crippen molar-refractivity contribution >= 4 is 17.7 Å². The van der Waals surface area contributed by atoms with E-state index in [1.807, 2.05) is 30.3 Å². The Hall–Kier alpha value is -2.44. The second-order valence-electron chi connectivity index (χ2n) is 6.90. The van der Waals surface area contributed by atoms with Crippen LogP contribution in [0.3, 0.4) is 0 Å². The maximum absolute atomic E-state index is 12.4. The third kappa shape index (κ3) is 4.51. The van der Waals surface area contributed by atoms with Crippen LogP contribution in [0.2, 0.25) is 5.02 Å². The van der Waals surface area contributed by atoms with Gasteiger partial charge >= 0.3 is 6.09 Å². The van der Waals surface area contributed by atoms with Gasteiger partial charge in [0.25, 0.3) is 0 Å². The van der Waals surface area contributed by atoms with E-state index in [9.17, 15) is 4.79 Å². The number of nitrogens with zero attached hydrogens (tertiary/aromatic N) is 2. The number of fused-ring (bicyclic) bond motifs is 1. The molecule has 0 unspecified atom stereocenters. The molecule has 1 saturated heterocycles. The first-order valence-corrected chi connectivity index (χ1v) is 9.89. The first kappa shape index (κ1) is 18.9. The Kier molecular flexibility index (Phi) is 5.88. The SMILES string of the molecule is O=C(Oc1ccccc1)N1CCCN(Cc2cc(Cl)c3c(c2)OCCO3)CC1. The van der Waals surface area contributed by atoms with Crippen molar-refractivity contribution in [1.29, 1.82) is 0 Å². The normalized spacial score (nSPS) is 17.1. The smallest absolute Gasteiger partial charge is 0.415 e. The van der Waals surface area contributed by atoms with E-state index in [1.165, 1.54) is 0 Å². The zero-order valence-corrected chi connectivity index (χ0v) is 16.4. The van der Waals surface area contributed by atoms with E-state index in [2.05, 4.69) is 4.90 Å². The lowest BCUT2D eigenvalue weighted by Crippen LogP contribution is -2.37. The predicted molar refractivity (Wildman–Crippen MR) is 106 cm³/mol. The van der Waals surface area contributed by atoms with Crippen molar-refractivity contribution in [2.45, 2.75) is 13.0 Å². The highest BCUT2D eigenvalue weighted by molar-refractivity contribution is 6.32. The second-order valence-corrected chi connectivity index (χ2v) is 7.31. The highest BCUT2D eigenvalue weighted by atomic mass is 35.5. The largest absolute Gasteiger partial charge is 0.486 e. The molecule has 0 spiro atoms. The minimum atomic E-state index is -0.296. The lowest BCUT2D eigenvalue weighted by atomic mass is 10.1. The lowest BCUT2D eigenvalue weighted by molar-refractivity contribution is 0.153. The van der Waals surface area contributed by atoms with Crippen molar-refractivity contribution in [3.05, 3.63) is 53.1 Å². The Balaban J connectivity index is 1.35. The van der Waals surface area contributed by atoms with Gasteiger partial charge in [0.1, 0.15) is 19.0 Å². The third-order valence-corrected chi connectivity index (χ3v) is 5.14. The molecule has 2 heterocycles. The quantitative estimate of drug-likeness (QED) is 0.781. The topological polar surface area (TPSA) is 51.2 Å². The van der Waals surface area contributed by atoms with Crippen LogP contribution in [0.25, 0.3) is 0 Å². The van der Waals surface area contributed by atoms with Crippen molar-refractivity contribution in [1.82, 2.24) is 9.80 Å². The molecule has 0 aliphatic carbocycles. The number of para-hydroxylation sites is 1. The van der Waals surface area contributed by atoms with Crippen LogP contribution >= 0.6 is 11.6 Å². The standard InChI is InChI=1S/C21H23ClN2O4/c22-18-13-16(14-19-20(18)27-12-11-26-19)15-23-7-4-8-24(10-9-23)21(25)28-17-5-2-1-3-6-17/h1-3,5-6,13-14H,4,7-12,15H2. The van der Waals surface area contributed by atoms with Gasteiger partial charge in [0.05, 0.1) is 5.02 Å². The minimum absolute atomic E-state index is 0.296. The first-order valence-electron chi connectivity index (χ1n) is 9.51. The molecule has 6 nitrogen and oxygen atoms in total. The van der Waals surface area contributed by atoms with E-state index in [0.29, 0.717) is 48.6 Å². The molecular formula is C21H23ClN2O4. The van der Waals surface area contributed by atoms with Crippen molar-refractivity contribution in [3.8, 4) is 17.2 Å². The number of hydrogen-bond donors (Lipinski definition) is 0. The third-order valence-electron chi connectivity index (χ3n) is 4.86. The first-order chi connectivity index (χ1) is 13.7. The monoisotopic (exact) mass is 402 g/mol. The molecule has 0 bridgehead atoms. The highest BCUT2D eigenvalue weighted by Crippen LogP contribution is 2.38. The van der Waals surface area contributed by atoms with E-state index >= 15 is 0 Å². The molecule has 1 fully saturated rings. The average Bonchev–Trinajstić information content (AvgIpc) is 2.94. The number of benzene rings is 2. The van der Waals surface area contributed by atoms with Crippen LogP contribution in [0.1, 0.15) is 12.0 Å². The van der Waals surface area contributed by atoms with Crippen LogP contribution < -0.4 is 14.2 Å². The van der Waals surface area contributed by atoms with Gasteiger partial charge in [0.2, 0.25) is 0 Å². The minimum Gasteiger partial charge on any atom is -0.486 e. The van der Waals surface area contributed by atoms with Crippen molar-refractivity contribution in [2.75, 3.05) is 39.4 Å². The molecule has 148 valence electrons. The van der Waals surface area contributed by atoms with Crippen LogP contribution in [-0.4, -0.2) is 55.3 Å². The molecule has 7 heteroatoms. The van der Waals surface area contributed by atoms with Crippen LogP contribution in [0.5, 0.6) is 17.2 Å². The van der Waals surface area contributed by atoms with Gasteiger partial charge in [-0.2, -0.15) is 0 Å². The molecule has 1 amide bonds. The summed E-state index contributed by atoms with van der Waals surface area (Å²) in [6.07, 6.45) is 0.595. The molecule has 0 N–H and O–H groups in total. The number of carbonyl (C=O) groups is 1. The van der Waals surface area contributed by atoms with Crippen molar-refractivity contribution < 1.29 is 19.0 Å². The summed E-state index contributed by atoms with van der Waals surface area (Å²) in [5.74, 6) is 1.90. The van der Waals surface area contributed by atoms with E-state index in [0.717, 1.165) is 31.6 Å². The summed E-state index contributed by atoms with van der Waals surface area (Å²) in [5, 5.41) is 0.579. The maximum atomic E-state index is 12.4. The number of amides is 1. The Labute approximate surface area is 169 Å². The van der Waals surface area contributed by atoms with Gasteiger partial charge in [-0.25, -0.2) is 4.79 Å². The zero-order chi connectivity index (χ0) is 19.3. The summed E-state index contributed by atoms with van der Waals surface area (Å²) >= 11 is 6.35. The summed E-state index contributed by atoms with van der Waals surface area (Å²) in [6.45, 7) is 4.80. The van der Waals surface area contributed by atoms with Crippen LogP contribution in [-0.2, 0) is 6.54 Å². The number of rotatable bonds is 3. The molecule has 2 aromatic rings. The fourth-order valence-electron chi connectivity index (χ4n) is 3.48.